The van der Waals surface area contributed by atoms with Gasteiger partial charge in [-0.1, -0.05) is 44.2 Å². The number of hydroxylamine groups is 1. The van der Waals surface area contributed by atoms with Crippen LogP contribution in [0.4, 0.5) is 0 Å². The molecule has 0 aliphatic heterocycles. The molecule has 6 heteroatoms. The molecule has 3 aromatic rings. The molecule has 0 saturated heterocycles. The number of carbonyl (C=O) groups is 1. The molecule has 5 nitrogen and oxygen atoms in total. The average molecular weight is 372 g/mol. The number of imidazole rings is 1. The Bertz CT molecular complexity index is 914. The first-order valence-electron chi connectivity index (χ1n) is 8.25. The van der Waals surface area contributed by atoms with Crippen LogP contribution in [0.2, 0.25) is 0 Å². The summed E-state index contributed by atoms with van der Waals surface area (Å²) < 4.78 is 0. The molecule has 3 N–H and O–H groups in total. The number of nitrogens with one attached hydrogen (secondary N) is 2. The number of nitrogens with zero attached hydrogens (tertiary/aromatic N) is 1. The van der Waals surface area contributed by atoms with Crippen LogP contribution in [0.25, 0.3) is 17.1 Å². The Labute approximate surface area is 158 Å². The zero-order valence-corrected chi connectivity index (χ0v) is 15.5. The molecule has 136 valence electrons. The zero-order chi connectivity index (χ0) is 17.8. The summed E-state index contributed by atoms with van der Waals surface area (Å²) in [5.74, 6) is 0.871. The van der Waals surface area contributed by atoms with E-state index in [-0.39, 0.29) is 12.4 Å². The number of carbonyl (C=O) groups excluding carboxylic acids is 1. The Morgan fingerprint density at radius 1 is 1.23 bits per heavy atom. The van der Waals surface area contributed by atoms with E-state index in [0.717, 1.165) is 28.0 Å². The highest BCUT2D eigenvalue weighted by Gasteiger charge is 2.06. The van der Waals surface area contributed by atoms with Crippen LogP contribution in [0.1, 0.15) is 42.3 Å². The first kappa shape index (κ1) is 19.7. The standard InChI is InChI=1S/C20H21N3O2.ClH/c1-13(2)16-8-9-17-18(12-16)22-19(21-17)11-15-5-3-14(4-6-15)7-10-20(24)23-25;/h3-10,12-13,25H,11H2,1-2H3,(H,21,22)(H,23,24);1H/b10-7+;. The number of amides is 1. The van der Waals surface area contributed by atoms with Crippen LogP contribution in [0.5, 0.6) is 0 Å². The third kappa shape index (κ3) is 4.71. The molecule has 0 radical (unpaired) electrons. The van der Waals surface area contributed by atoms with Gasteiger partial charge in [0, 0.05) is 12.5 Å². The highest BCUT2D eigenvalue weighted by Crippen LogP contribution is 2.21. The van der Waals surface area contributed by atoms with E-state index in [4.69, 9.17) is 5.21 Å². The van der Waals surface area contributed by atoms with Gasteiger partial charge in [-0.3, -0.25) is 10.0 Å². The quantitative estimate of drug-likeness (QED) is 0.357. The second-order valence-corrected chi connectivity index (χ2v) is 6.34. The van der Waals surface area contributed by atoms with Gasteiger partial charge in [-0.15, -0.1) is 12.4 Å². The van der Waals surface area contributed by atoms with Crippen molar-refractivity contribution in [3.05, 3.63) is 71.1 Å². The lowest BCUT2D eigenvalue weighted by atomic mass is 10.0. The van der Waals surface area contributed by atoms with Crippen molar-refractivity contribution < 1.29 is 10.0 Å². The van der Waals surface area contributed by atoms with Gasteiger partial charge in [-0.25, -0.2) is 10.5 Å². The van der Waals surface area contributed by atoms with E-state index in [1.807, 2.05) is 24.3 Å². The van der Waals surface area contributed by atoms with Crippen molar-refractivity contribution in [2.45, 2.75) is 26.2 Å². The van der Waals surface area contributed by atoms with E-state index in [1.54, 1.807) is 11.6 Å². The van der Waals surface area contributed by atoms with Gasteiger partial charge in [0.2, 0.25) is 0 Å². The summed E-state index contributed by atoms with van der Waals surface area (Å²) in [5.41, 5.74) is 6.93. The maximum Gasteiger partial charge on any atom is 0.267 e. The zero-order valence-electron chi connectivity index (χ0n) is 14.7. The van der Waals surface area contributed by atoms with Gasteiger partial charge in [0.05, 0.1) is 11.0 Å². The molecule has 0 saturated carbocycles. The van der Waals surface area contributed by atoms with E-state index in [1.165, 1.54) is 11.6 Å². The highest BCUT2D eigenvalue weighted by molar-refractivity contribution is 5.90. The van der Waals surface area contributed by atoms with Crippen molar-refractivity contribution in [1.29, 1.82) is 0 Å². The van der Waals surface area contributed by atoms with Crippen LogP contribution in [0.15, 0.2) is 48.5 Å². The molecule has 1 heterocycles. The van der Waals surface area contributed by atoms with E-state index in [2.05, 4.69) is 42.0 Å². The van der Waals surface area contributed by atoms with Crippen molar-refractivity contribution in [3.8, 4) is 0 Å². The Morgan fingerprint density at radius 3 is 2.62 bits per heavy atom. The smallest absolute Gasteiger partial charge is 0.267 e. The summed E-state index contributed by atoms with van der Waals surface area (Å²) in [6, 6.07) is 14.2. The summed E-state index contributed by atoms with van der Waals surface area (Å²) in [6.45, 7) is 4.36. The third-order valence-corrected chi connectivity index (χ3v) is 4.11. The van der Waals surface area contributed by atoms with Gasteiger partial charge in [0.1, 0.15) is 5.82 Å². The maximum atomic E-state index is 11.0. The lowest BCUT2D eigenvalue weighted by Crippen LogP contribution is -2.14. The summed E-state index contributed by atoms with van der Waals surface area (Å²) in [4.78, 5) is 19.0. The van der Waals surface area contributed by atoms with Crippen LogP contribution in [0.3, 0.4) is 0 Å². The normalized spacial score (nSPS) is 11.1. The highest BCUT2D eigenvalue weighted by atomic mass is 35.5. The van der Waals surface area contributed by atoms with Crippen molar-refractivity contribution >= 4 is 35.4 Å². The van der Waals surface area contributed by atoms with Crippen LogP contribution >= 0.6 is 12.4 Å². The topological polar surface area (TPSA) is 78.0 Å². The largest absolute Gasteiger partial charge is 0.342 e. The lowest BCUT2D eigenvalue weighted by molar-refractivity contribution is -0.124. The number of aromatic nitrogens is 2. The van der Waals surface area contributed by atoms with E-state index >= 15 is 0 Å². The van der Waals surface area contributed by atoms with Crippen molar-refractivity contribution in [1.82, 2.24) is 15.4 Å². The number of aromatic amines is 1. The predicted octanol–water partition coefficient (Wildman–Crippen LogP) is 4.22. The predicted molar refractivity (Wildman–Crippen MR) is 106 cm³/mol. The van der Waals surface area contributed by atoms with Crippen molar-refractivity contribution in [2.75, 3.05) is 0 Å². The fourth-order valence-corrected chi connectivity index (χ4v) is 2.67. The third-order valence-electron chi connectivity index (χ3n) is 4.11. The van der Waals surface area contributed by atoms with Gasteiger partial charge in [0.15, 0.2) is 0 Å². The molecule has 0 bridgehead atoms. The van der Waals surface area contributed by atoms with Crippen LogP contribution in [-0.4, -0.2) is 21.1 Å². The minimum absolute atomic E-state index is 0. The summed E-state index contributed by atoms with van der Waals surface area (Å²) in [7, 11) is 0. The molecule has 26 heavy (non-hydrogen) atoms. The fourth-order valence-electron chi connectivity index (χ4n) is 2.67. The molecule has 0 aliphatic carbocycles. The maximum absolute atomic E-state index is 11.0. The van der Waals surface area contributed by atoms with Crippen LogP contribution < -0.4 is 5.48 Å². The van der Waals surface area contributed by atoms with E-state index < -0.39 is 5.91 Å². The minimum Gasteiger partial charge on any atom is -0.342 e. The average Bonchev–Trinajstić information content (AvgIpc) is 3.02. The molecule has 0 spiro atoms. The molecular formula is C20H22ClN3O2. The number of halogens is 1. The minimum atomic E-state index is -0.549. The Hall–Kier alpha value is -2.63. The summed E-state index contributed by atoms with van der Waals surface area (Å²) in [5, 5.41) is 8.47. The Balaban J connectivity index is 0.00000243. The second-order valence-electron chi connectivity index (χ2n) is 6.34. The number of fused-ring (bicyclic) bond motifs is 1. The van der Waals surface area contributed by atoms with Crippen molar-refractivity contribution in [3.63, 3.8) is 0 Å². The molecule has 3 rings (SSSR count). The lowest BCUT2D eigenvalue weighted by Gasteiger charge is -2.03. The molecule has 1 amide bonds. The van der Waals surface area contributed by atoms with Gasteiger partial charge in [-0.05, 0) is 40.8 Å². The van der Waals surface area contributed by atoms with Gasteiger partial charge < -0.3 is 4.98 Å². The van der Waals surface area contributed by atoms with E-state index in [9.17, 15) is 4.79 Å². The number of rotatable bonds is 5. The first-order chi connectivity index (χ1) is 12.0. The van der Waals surface area contributed by atoms with Crippen molar-refractivity contribution in [2.24, 2.45) is 0 Å². The molecule has 2 aromatic carbocycles. The first-order valence-corrected chi connectivity index (χ1v) is 8.25. The fraction of sp³-hybridized carbons (Fsp3) is 0.200. The molecule has 0 atom stereocenters. The second kappa shape index (κ2) is 8.65. The molecule has 0 fully saturated rings. The number of hydrogen-bond donors (Lipinski definition) is 3. The number of benzene rings is 2. The number of hydrogen-bond acceptors (Lipinski definition) is 3. The Morgan fingerprint density at radius 2 is 1.96 bits per heavy atom. The molecule has 0 unspecified atom stereocenters. The SMILES string of the molecule is CC(C)c1ccc2nc(Cc3ccc(/C=C/C(=O)NO)cc3)[nH]c2c1.Cl. The summed E-state index contributed by atoms with van der Waals surface area (Å²) in [6.07, 6.45) is 3.64. The molecular weight excluding hydrogens is 350 g/mol. The van der Waals surface area contributed by atoms with Crippen LogP contribution in [-0.2, 0) is 11.2 Å². The molecule has 0 aliphatic rings. The van der Waals surface area contributed by atoms with Gasteiger partial charge in [0.25, 0.3) is 5.91 Å². The van der Waals surface area contributed by atoms with Gasteiger partial charge >= 0.3 is 0 Å². The monoisotopic (exact) mass is 371 g/mol. The van der Waals surface area contributed by atoms with Gasteiger partial charge in [-0.2, -0.15) is 0 Å². The number of H-pyrrole nitrogens is 1. The van der Waals surface area contributed by atoms with E-state index in [0.29, 0.717) is 12.3 Å². The molecule has 1 aromatic heterocycles. The van der Waals surface area contributed by atoms with Crippen LogP contribution in [0, 0.1) is 0 Å². The Kier molecular flexibility index (Phi) is 6.55. The summed E-state index contributed by atoms with van der Waals surface area (Å²) >= 11 is 0.